The number of ketones is 1. The first kappa shape index (κ1) is 15.9. The van der Waals surface area contributed by atoms with Crippen molar-refractivity contribution in [1.82, 2.24) is 0 Å². The molecule has 0 spiro atoms. The van der Waals surface area contributed by atoms with Crippen LogP contribution in [0.25, 0.3) is 0 Å². The topological polar surface area (TPSA) is 86.3 Å². The summed E-state index contributed by atoms with van der Waals surface area (Å²) in [4.78, 5) is 34.7. The van der Waals surface area contributed by atoms with Crippen LogP contribution in [0.15, 0.2) is 35.9 Å². The first-order valence-corrected chi connectivity index (χ1v) is 7.17. The van der Waals surface area contributed by atoms with Gasteiger partial charge in [0.25, 0.3) is 0 Å². The molecular weight excluding hydrogens is 282 g/mol. The van der Waals surface area contributed by atoms with Crippen LogP contribution in [0.4, 0.5) is 5.69 Å². The van der Waals surface area contributed by atoms with Crippen molar-refractivity contribution in [3.8, 4) is 0 Å². The lowest BCUT2D eigenvalue weighted by molar-refractivity contribution is -0.313. The van der Waals surface area contributed by atoms with Crippen molar-refractivity contribution in [3.63, 3.8) is 0 Å². The number of benzene rings is 1. The summed E-state index contributed by atoms with van der Waals surface area (Å²) < 4.78 is 0. The van der Waals surface area contributed by atoms with Gasteiger partial charge in [0.2, 0.25) is 5.91 Å². The Kier molecular flexibility index (Phi) is 4.75. The molecule has 5 heteroatoms. The van der Waals surface area contributed by atoms with Gasteiger partial charge in [-0.3, -0.25) is 9.59 Å². The second kappa shape index (κ2) is 6.56. The first-order valence-electron chi connectivity index (χ1n) is 7.17. The number of hydrogen-bond acceptors (Lipinski definition) is 4. The maximum absolute atomic E-state index is 12.3. The van der Waals surface area contributed by atoms with Gasteiger partial charge < -0.3 is 15.2 Å². The van der Waals surface area contributed by atoms with E-state index in [0.717, 1.165) is 5.57 Å². The molecule has 1 aliphatic rings. The molecule has 116 valence electrons. The Bertz CT molecular complexity index is 631. The van der Waals surface area contributed by atoms with Crippen molar-refractivity contribution in [2.45, 2.75) is 26.7 Å². The van der Waals surface area contributed by atoms with Crippen LogP contribution < -0.4 is 10.4 Å². The smallest absolute Gasteiger partial charge is 0.228 e. The van der Waals surface area contributed by atoms with Crippen molar-refractivity contribution in [3.05, 3.63) is 41.5 Å². The molecule has 0 saturated heterocycles. The third-order valence-electron chi connectivity index (χ3n) is 3.95. The van der Waals surface area contributed by atoms with E-state index in [0.29, 0.717) is 24.1 Å². The molecule has 0 aromatic heterocycles. The van der Waals surface area contributed by atoms with E-state index in [1.165, 1.54) is 6.92 Å². The van der Waals surface area contributed by atoms with Crippen molar-refractivity contribution in [2.24, 2.45) is 11.8 Å². The van der Waals surface area contributed by atoms with E-state index >= 15 is 0 Å². The molecule has 0 heterocycles. The van der Waals surface area contributed by atoms with Gasteiger partial charge in [0, 0.05) is 23.1 Å². The average molecular weight is 300 g/mol. The Balaban J connectivity index is 2.10. The predicted molar refractivity (Wildman–Crippen MR) is 80.1 cm³/mol. The number of carboxylic acids is 1. The van der Waals surface area contributed by atoms with Crippen LogP contribution in [0.5, 0.6) is 0 Å². The fourth-order valence-electron chi connectivity index (χ4n) is 2.63. The van der Waals surface area contributed by atoms with Gasteiger partial charge in [0.05, 0.1) is 5.92 Å². The van der Waals surface area contributed by atoms with Gasteiger partial charge in [-0.2, -0.15) is 0 Å². The van der Waals surface area contributed by atoms with E-state index in [9.17, 15) is 19.5 Å². The fraction of sp³-hybridized carbons (Fsp3) is 0.353. The van der Waals surface area contributed by atoms with Gasteiger partial charge in [-0.25, -0.2) is 0 Å². The third-order valence-corrected chi connectivity index (χ3v) is 3.95. The number of aliphatic carboxylic acids is 1. The van der Waals surface area contributed by atoms with E-state index in [4.69, 9.17) is 0 Å². The summed E-state index contributed by atoms with van der Waals surface area (Å²) in [6.45, 7) is 3.32. The molecule has 0 saturated carbocycles. The van der Waals surface area contributed by atoms with Crippen LogP contribution in [-0.2, 0) is 9.59 Å². The normalized spacial score (nSPS) is 20.9. The molecule has 0 aliphatic heterocycles. The molecule has 1 aromatic carbocycles. The maximum atomic E-state index is 12.3. The average Bonchev–Trinajstić information content (AvgIpc) is 2.47. The largest absolute Gasteiger partial charge is 0.550 e. The summed E-state index contributed by atoms with van der Waals surface area (Å²) >= 11 is 0. The zero-order valence-electron chi connectivity index (χ0n) is 12.6. The summed E-state index contributed by atoms with van der Waals surface area (Å²) in [7, 11) is 0. The molecule has 1 aliphatic carbocycles. The zero-order valence-corrected chi connectivity index (χ0v) is 12.6. The monoisotopic (exact) mass is 300 g/mol. The van der Waals surface area contributed by atoms with Crippen LogP contribution in [-0.4, -0.2) is 17.7 Å². The van der Waals surface area contributed by atoms with Crippen LogP contribution in [0, 0.1) is 11.8 Å². The van der Waals surface area contributed by atoms with Crippen molar-refractivity contribution in [2.75, 3.05) is 5.32 Å². The number of amides is 1. The van der Waals surface area contributed by atoms with E-state index in [1.54, 1.807) is 24.3 Å². The Morgan fingerprint density at radius 1 is 1.14 bits per heavy atom. The minimum absolute atomic E-state index is 0.0530. The number of carbonyl (C=O) groups excluding carboxylic acids is 3. The van der Waals surface area contributed by atoms with Gasteiger partial charge in [-0.05, 0) is 51.0 Å². The number of allylic oxidation sites excluding steroid dienone is 2. The number of nitrogens with one attached hydrogen (secondary N) is 1. The standard InChI is InChI=1S/C17H19NO4/c1-10-3-8-14(15(9-10)17(21)22)16(20)18-13-6-4-12(5-7-13)11(2)19/h3-7,14-15H,8-9H2,1-2H3,(H,18,20)(H,21,22)/p-1/t14-,15-/m0/s1. The van der Waals surface area contributed by atoms with Gasteiger partial charge >= 0.3 is 0 Å². The SMILES string of the molecule is CC(=O)c1ccc(NC(=O)[C@H]2CC=C(C)C[C@@H]2C(=O)[O-])cc1. The molecule has 22 heavy (non-hydrogen) atoms. The van der Waals surface area contributed by atoms with Crippen LogP contribution in [0.1, 0.15) is 37.0 Å². The molecule has 0 radical (unpaired) electrons. The highest BCUT2D eigenvalue weighted by Gasteiger charge is 2.31. The summed E-state index contributed by atoms with van der Waals surface area (Å²) in [5.41, 5.74) is 2.06. The Hall–Kier alpha value is -2.43. The summed E-state index contributed by atoms with van der Waals surface area (Å²) in [5.74, 6) is -3.03. The summed E-state index contributed by atoms with van der Waals surface area (Å²) in [5, 5.41) is 13.9. The van der Waals surface area contributed by atoms with E-state index < -0.39 is 17.8 Å². The van der Waals surface area contributed by atoms with Crippen LogP contribution in [0.2, 0.25) is 0 Å². The lowest BCUT2D eigenvalue weighted by atomic mass is 9.79. The first-order chi connectivity index (χ1) is 10.4. The Morgan fingerprint density at radius 3 is 2.32 bits per heavy atom. The minimum Gasteiger partial charge on any atom is -0.550 e. The number of rotatable bonds is 4. The fourth-order valence-corrected chi connectivity index (χ4v) is 2.63. The number of carbonyl (C=O) groups is 3. The molecular formula is C17H18NO4-. The Morgan fingerprint density at radius 2 is 1.77 bits per heavy atom. The lowest BCUT2D eigenvalue weighted by Crippen LogP contribution is -2.42. The molecule has 2 rings (SSSR count). The van der Waals surface area contributed by atoms with Crippen molar-refractivity contribution < 1.29 is 19.5 Å². The predicted octanol–water partition coefficient (Wildman–Crippen LogP) is 1.55. The number of hydrogen-bond donors (Lipinski definition) is 1. The second-order valence-electron chi connectivity index (χ2n) is 5.65. The molecule has 1 amide bonds. The van der Waals surface area contributed by atoms with E-state index in [-0.39, 0.29) is 11.7 Å². The highest BCUT2D eigenvalue weighted by Crippen LogP contribution is 2.30. The quantitative estimate of drug-likeness (QED) is 0.675. The number of carboxylic acid groups (broad SMARTS) is 1. The highest BCUT2D eigenvalue weighted by atomic mass is 16.4. The van der Waals surface area contributed by atoms with Gasteiger partial charge in [0.1, 0.15) is 0 Å². The molecule has 0 fully saturated rings. The van der Waals surface area contributed by atoms with E-state index in [1.807, 2.05) is 13.0 Å². The molecule has 0 unspecified atom stereocenters. The summed E-state index contributed by atoms with van der Waals surface area (Å²) in [6.07, 6.45) is 2.62. The van der Waals surface area contributed by atoms with E-state index in [2.05, 4.69) is 5.32 Å². The van der Waals surface area contributed by atoms with Crippen LogP contribution in [0.3, 0.4) is 0 Å². The molecule has 0 bridgehead atoms. The molecule has 2 atom stereocenters. The molecule has 1 N–H and O–H groups in total. The van der Waals surface area contributed by atoms with Gasteiger partial charge in [-0.1, -0.05) is 11.6 Å². The number of anilines is 1. The van der Waals surface area contributed by atoms with Gasteiger partial charge in [-0.15, -0.1) is 0 Å². The summed E-state index contributed by atoms with van der Waals surface area (Å²) in [6, 6.07) is 6.51. The molecule has 1 aromatic rings. The highest BCUT2D eigenvalue weighted by molar-refractivity contribution is 5.97. The third kappa shape index (κ3) is 3.61. The Labute approximate surface area is 129 Å². The lowest BCUT2D eigenvalue weighted by Gasteiger charge is -2.30. The van der Waals surface area contributed by atoms with Crippen molar-refractivity contribution in [1.29, 1.82) is 0 Å². The van der Waals surface area contributed by atoms with Gasteiger partial charge in [0.15, 0.2) is 5.78 Å². The van der Waals surface area contributed by atoms with Crippen molar-refractivity contribution >= 4 is 23.3 Å². The molecule has 5 nitrogen and oxygen atoms in total. The maximum Gasteiger partial charge on any atom is 0.228 e. The zero-order chi connectivity index (χ0) is 16.3. The van der Waals surface area contributed by atoms with Crippen LogP contribution >= 0.6 is 0 Å². The number of Topliss-reactive ketones (excluding diaryl/α,β-unsaturated/α-hetero) is 1. The second-order valence-corrected chi connectivity index (χ2v) is 5.65. The minimum atomic E-state index is -1.19.